The van der Waals surface area contributed by atoms with E-state index in [4.69, 9.17) is 9.44 Å². The van der Waals surface area contributed by atoms with Crippen LogP contribution >= 0.6 is 12.3 Å². The molecule has 0 aromatic heterocycles. The third-order valence-electron chi connectivity index (χ3n) is 6.06. The number of ketones is 1. The minimum Gasteiger partial charge on any atom is -0.399 e. The maximum Gasteiger partial charge on any atom is 0.261 e. The zero-order chi connectivity index (χ0) is 16.7. The van der Waals surface area contributed by atoms with Crippen LogP contribution in [-0.4, -0.2) is 11.0 Å². The molecule has 0 radical (unpaired) electrons. The van der Waals surface area contributed by atoms with Gasteiger partial charge in [-0.25, -0.2) is 5.26 Å². The van der Waals surface area contributed by atoms with Gasteiger partial charge in [-0.2, -0.15) is 0 Å². The van der Waals surface area contributed by atoms with Gasteiger partial charge in [-0.15, -0.1) is 0 Å². The van der Waals surface area contributed by atoms with E-state index < -0.39 is 0 Å². The maximum absolute atomic E-state index is 12.3. The molecule has 128 valence electrons. The number of hydrogen-bond donors (Lipinski definition) is 1. The summed E-state index contributed by atoms with van der Waals surface area (Å²) in [5.41, 5.74) is 3.94. The smallest absolute Gasteiger partial charge is 0.261 e. The predicted octanol–water partition coefficient (Wildman–Crippen LogP) is 4.40. The Morgan fingerprint density at radius 3 is 3.04 bits per heavy atom. The summed E-state index contributed by atoms with van der Waals surface area (Å²) in [6.07, 6.45) is 6.94. The van der Waals surface area contributed by atoms with Crippen molar-refractivity contribution in [2.75, 3.05) is 0 Å². The lowest BCUT2D eigenvalue weighted by atomic mass is 9.60. The maximum atomic E-state index is 12.3. The topological polar surface area (TPSA) is 65.0 Å². The van der Waals surface area contributed by atoms with E-state index in [1.165, 1.54) is 16.7 Å². The molecule has 5 nitrogen and oxygen atoms in total. The Balaban J connectivity index is 1.59. The number of fused-ring (bicyclic) bond motifs is 5. The summed E-state index contributed by atoms with van der Waals surface area (Å²) >= 11 is 0.567. The predicted molar refractivity (Wildman–Crippen MR) is 89.1 cm³/mol. The Morgan fingerprint density at radius 1 is 1.33 bits per heavy atom. The molecule has 4 rings (SSSR count). The number of Topliss-reactive ketones (excluding diaryl/α,β-unsaturated/α-hetero) is 1. The third kappa shape index (κ3) is 2.49. The lowest BCUT2D eigenvalue weighted by Gasteiger charge is -2.43. The van der Waals surface area contributed by atoms with Crippen molar-refractivity contribution in [2.24, 2.45) is 11.3 Å². The third-order valence-corrected chi connectivity index (χ3v) is 6.44. The average molecular weight is 348 g/mol. The number of carbonyl (C=O) groups is 1. The van der Waals surface area contributed by atoms with E-state index in [-0.39, 0.29) is 5.41 Å². The van der Waals surface area contributed by atoms with Crippen LogP contribution in [0.25, 0.3) is 0 Å². The molecule has 2 fully saturated rings. The highest BCUT2D eigenvalue weighted by atomic mass is 32.2. The highest BCUT2D eigenvalue weighted by Gasteiger charge is 2.52. The molecule has 0 heterocycles. The Hall–Kier alpha value is -1.34. The fourth-order valence-corrected chi connectivity index (χ4v) is 5.07. The first-order valence-electron chi connectivity index (χ1n) is 8.31. The van der Waals surface area contributed by atoms with Crippen LogP contribution in [0.15, 0.2) is 29.8 Å². The van der Waals surface area contributed by atoms with Crippen LogP contribution in [0.2, 0.25) is 0 Å². The van der Waals surface area contributed by atoms with E-state index in [0.717, 1.165) is 32.1 Å². The fraction of sp³-hybridized carbons (Fsp3) is 0.500. The van der Waals surface area contributed by atoms with Gasteiger partial charge >= 0.3 is 0 Å². The van der Waals surface area contributed by atoms with Gasteiger partial charge in [0.1, 0.15) is 11.5 Å². The van der Waals surface area contributed by atoms with Crippen molar-refractivity contribution in [2.45, 2.75) is 44.9 Å². The van der Waals surface area contributed by atoms with Gasteiger partial charge in [0.2, 0.25) is 0 Å². The second kappa shape index (κ2) is 6.19. The summed E-state index contributed by atoms with van der Waals surface area (Å²) < 4.78 is 9.53. The second-order valence-electron chi connectivity index (χ2n) is 7.09. The van der Waals surface area contributed by atoms with Crippen molar-refractivity contribution >= 4 is 18.1 Å². The molecule has 0 amide bonds. The first-order chi connectivity index (χ1) is 11.6. The van der Waals surface area contributed by atoms with Crippen molar-refractivity contribution in [3.63, 3.8) is 0 Å². The summed E-state index contributed by atoms with van der Waals surface area (Å²) in [5.74, 6) is 1.95. The van der Waals surface area contributed by atoms with Gasteiger partial charge in [-0.1, -0.05) is 34.0 Å². The van der Waals surface area contributed by atoms with Crippen molar-refractivity contribution in [3.8, 4) is 5.75 Å². The molecular weight excluding hydrogens is 328 g/mol. The second-order valence-corrected chi connectivity index (χ2v) is 7.52. The van der Waals surface area contributed by atoms with Crippen molar-refractivity contribution < 1.29 is 23.6 Å². The van der Waals surface area contributed by atoms with Crippen LogP contribution in [-0.2, 0) is 20.6 Å². The monoisotopic (exact) mass is 348 g/mol. The molecule has 1 aromatic rings. The molecule has 6 heteroatoms. The molecule has 0 bridgehead atoms. The summed E-state index contributed by atoms with van der Waals surface area (Å²) in [5, 5.41) is 11.6. The molecule has 0 aliphatic heterocycles. The summed E-state index contributed by atoms with van der Waals surface area (Å²) in [7, 11) is 0. The Kier molecular flexibility index (Phi) is 4.16. The molecule has 0 spiro atoms. The van der Waals surface area contributed by atoms with E-state index in [1.807, 2.05) is 12.1 Å². The number of rotatable bonds is 4. The van der Waals surface area contributed by atoms with Gasteiger partial charge < -0.3 is 4.18 Å². The van der Waals surface area contributed by atoms with E-state index in [0.29, 0.717) is 35.7 Å². The number of hydrogen-bond acceptors (Lipinski definition) is 6. The van der Waals surface area contributed by atoms with Gasteiger partial charge in [0.25, 0.3) is 12.3 Å². The minimum absolute atomic E-state index is 0.138. The molecule has 3 aliphatic rings. The molecule has 2 saturated carbocycles. The lowest BCUT2D eigenvalue weighted by Crippen LogP contribution is -2.37. The van der Waals surface area contributed by atoms with Crippen molar-refractivity contribution in [3.05, 3.63) is 41.0 Å². The van der Waals surface area contributed by atoms with Crippen molar-refractivity contribution in [1.82, 2.24) is 0 Å². The van der Waals surface area contributed by atoms with Gasteiger partial charge in [0, 0.05) is 17.8 Å². The van der Waals surface area contributed by atoms with Crippen molar-refractivity contribution in [1.29, 1.82) is 0 Å². The summed E-state index contributed by atoms with van der Waals surface area (Å²) in [6.45, 7) is 2.16. The Labute approximate surface area is 145 Å². The van der Waals surface area contributed by atoms with E-state index >= 15 is 0 Å². The van der Waals surface area contributed by atoms with Crippen LogP contribution in [0.5, 0.6) is 5.75 Å². The first kappa shape index (κ1) is 16.1. The Morgan fingerprint density at radius 2 is 2.21 bits per heavy atom. The van der Waals surface area contributed by atoms with Gasteiger partial charge in [-0.3, -0.25) is 4.79 Å². The fourth-order valence-electron chi connectivity index (χ4n) is 4.84. The zero-order valence-electron chi connectivity index (χ0n) is 13.5. The minimum atomic E-state index is -0.138. The SMILES string of the molecule is C[C@]12CCC3C(=CCc4cc(OSOOO)ccc43)C1CCC2=O. The molecule has 2 unspecified atom stereocenters. The largest absolute Gasteiger partial charge is 0.399 e. The van der Waals surface area contributed by atoms with Crippen LogP contribution < -0.4 is 4.18 Å². The zero-order valence-corrected chi connectivity index (χ0v) is 14.3. The summed E-state index contributed by atoms with van der Waals surface area (Å²) in [6, 6.07) is 6.02. The normalized spacial score (nSPS) is 31.1. The molecule has 1 aromatic carbocycles. The highest BCUT2D eigenvalue weighted by Crippen LogP contribution is 2.57. The number of benzene rings is 1. The van der Waals surface area contributed by atoms with Crippen LogP contribution in [0, 0.1) is 11.3 Å². The Bertz CT molecular complexity index is 701. The van der Waals surface area contributed by atoms with Crippen LogP contribution in [0.1, 0.15) is 49.7 Å². The molecule has 3 atom stereocenters. The highest BCUT2D eigenvalue weighted by molar-refractivity contribution is 7.90. The summed E-state index contributed by atoms with van der Waals surface area (Å²) in [4.78, 5) is 12.3. The lowest BCUT2D eigenvalue weighted by molar-refractivity contribution is -0.433. The van der Waals surface area contributed by atoms with E-state index in [1.54, 1.807) is 0 Å². The van der Waals surface area contributed by atoms with E-state index in [2.05, 4.69) is 28.4 Å². The molecular formula is C18H20O5S. The molecule has 0 saturated heterocycles. The average Bonchev–Trinajstić information content (AvgIpc) is 2.90. The van der Waals surface area contributed by atoms with Gasteiger partial charge in [0.15, 0.2) is 0 Å². The van der Waals surface area contributed by atoms with Gasteiger partial charge in [0.05, 0.1) is 0 Å². The van der Waals surface area contributed by atoms with Crippen LogP contribution in [0.4, 0.5) is 0 Å². The molecule has 24 heavy (non-hydrogen) atoms. The van der Waals surface area contributed by atoms with Gasteiger partial charge in [-0.05, 0) is 54.9 Å². The molecule has 3 aliphatic carbocycles. The van der Waals surface area contributed by atoms with Crippen LogP contribution in [0.3, 0.4) is 0 Å². The number of allylic oxidation sites excluding steroid dienone is 2. The van der Waals surface area contributed by atoms with E-state index in [9.17, 15) is 4.79 Å². The number of carbonyl (C=O) groups excluding carboxylic acids is 1. The first-order valence-corrected chi connectivity index (χ1v) is 8.97. The quantitative estimate of drug-likeness (QED) is 0.286. The molecule has 1 N–H and O–H groups in total. The standard InChI is InChI=1S/C18H20O5S/c1-18-9-8-14-13-5-3-12(21-24-23-22-20)10-11(13)2-4-15(14)16(18)6-7-17(18)19/h3-5,10,14,16,20H,2,6-9H2,1H3/t14?,16?,18-/m0/s1.